The number of hydrogen-bond acceptors (Lipinski definition) is 14. The van der Waals surface area contributed by atoms with E-state index in [-0.39, 0.29) is 25.0 Å². The molecule has 15 nitrogen and oxygen atoms in total. The maximum atomic E-state index is 13.1. The highest BCUT2D eigenvalue weighted by Crippen LogP contribution is 2.37. The van der Waals surface area contributed by atoms with Gasteiger partial charge in [-0.3, -0.25) is 4.79 Å². The number of carbonyl (C=O) groups excluding carboxylic acids is 1. The van der Waals surface area contributed by atoms with Crippen molar-refractivity contribution in [2.45, 2.75) is 105 Å². The van der Waals surface area contributed by atoms with Crippen molar-refractivity contribution in [2.24, 2.45) is 35.0 Å². The average molecular weight is 628 g/mol. The Bertz CT molecular complexity index is 1010. The van der Waals surface area contributed by atoms with Crippen LogP contribution in [0.4, 0.5) is 0 Å². The first-order valence-corrected chi connectivity index (χ1v) is 15.9. The number of amides is 1. The first-order chi connectivity index (χ1) is 20.9. The van der Waals surface area contributed by atoms with Crippen molar-refractivity contribution in [3.05, 3.63) is 11.8 Å². The van der Waals surface area contributed by atoms with Crippen LogP contribution in [0.1, 0.15) is 32.6 Å². The van der Waals surface area contributed by atoms with Crippen LogP contribution in [0.15, 0.2) is 11.8 Å². The Morgan fingerprint density at radius 2 is 1.91 bits per heavy atom. The van der Waals surface area contributed by atoms with Gasteiger partial charge in [-0.15, -0.1) is 0 Å². The van der Waals surface area contributed by atoms with Crippen molar-refractivity contribution in [1.82, 2.24) is 21.3 Å². The first-order valence-electron chi connectivity index (χ1n) is 15.9. The summed E-state index contributed by atoms with van der Waals surface area (Å²) in [6.07, 6.45) is -2.12. The van der Waals surface area contributed by atoms with Crippen LogP contribution >= 0.6 is 0 Å². The Balaban J connectivity index is 1.30. The molecule has 3 heterocycles. The van der Waals surface area contributed by atoms with Gasteiger partial charge in [0.15, 0.2) is 6.29 Å². The molecule has 15 heteroatoms. The summed E-state index contributed by atoms with van der Waals surface area (Å²) < 4.78 is 18.3. The van der Waals surface area contributed by atoms with Crippen molar-refractivity contribution >= 4 is 5.91 Å². The van der Waals surface area contributed by atoms with Gasteiger partial charge in [-0.2, -0.15) is 0 Å². The molecule has 0 aromatic rings. The molecule has 0 bridgehead atoms. The molecule has 5 rings (SSSR count). The molecule has 0 aromatic carbocycles. The lowest BCUT2D eigenvalue weighted by Crippen LogP contribution is -2.70. The molecule has 0 aromatic heterocycles. The fourth-order valence-electron chi connectivity index (χ4n) is 7.33. The summed E-state index contributed by atoms with van der Waals surface area (Å²) in [5.41, 5.74) is 17.7. The summed E-state index contributed by atoms with van der Waals surface area (Å²) in [4.78, 5) is 13.1. The molecule has 44 heavy (non-hydrogen) atoms. The number of aliphatic hydroxyl groups excluding tert-OH is 3. The van der Waals surface area contributed by atoms with Gasteiger partial charge in [-0.1, -0.05) is 0 Å². The molecule has 14 N–H and O–H groups in total. The Kier molecular flexibility index (Phi) is 10.9. The standard InChI is InChI=1S/C29H53N7O8/c1-29(41)12-42-28(23(39)26(29)33-2)44-25-19(36-27(40)21(37)14-9-35-10-14)7-18(32)20(22(25)38)24-17(31)4-3-16(43-24)11-34-8-13-5-15(30)6-13/h3,13-15,17-26,28,33-35,37-39,41H,4-12,30-32H2,1-2H3,(H,36,40)/t13-,15-,17-,18+,19-,20-,21?,22+,23-,24?,25+,26-,28-,29+/m1/s1. The predicted octanol–water partition coefficient (Wildman–Crippen LogP) is -4.47. The highest BCUT2D eigenvalue weighted by Gasteiger charge is 2.53. The maximum absolute atomic E-state index is 13.1. The van der Waals surface area contributed by atoms with Crippen molar-refractivity contribution < 1.29 is 39.4 Å². The second kappa shape index (κ2) is 14.1. The van der Waals surface area contributed by atoms with E-state index < -0.39 is 78.4 Å². The van der Waals surface area contributed by atoms with E-state index in [1.54, 1.807) is 14.0 Å². The molecule has 0 radical (unpaired) electrons. The molecule has 3 aliphatic heterocycles. The largest absolute Gasteiger partial charge is 0.492 e. The van der Waals surface area contributed by atoms with Crippen molar-refractivity contribution in [3.8, 4) is 0 Å². The maximum Gasteiger partial charge on any atom is 0.249 e. The number of ether oxygens (including phenoxy) is 3. The van der Waals surface area contributed by atoms with Crippen LogP contribution in [-0.4, -0.2) is 139 Å². The highest BCUT2D eigenvalue weighted by atomic mass is 16.7. The van der Waals surface area contributed by atoms with Gasteiger partial charge < -0.3 is 73.1 Å². The van der Waals surface area contributed by atoms with E-state index in [9.17, 15) is 25.2 Å². The monoisotopic (exact) mass is 627 g/mol. The van der Waals surface area contributed by atoms with Crippen molar-refractivity contribution in [1.29, 1.82) is 0 Å². The Hall–Kier alpha value is -1.47. The van der Waals surface area contributed by atoms with E-state index >= 15 is 0 Å². The predicted molar refractivity (Wildman–Crippen MR) is 160 cm³/mol. The zero-order chi connectivity index (χ0) is 31.8. The average Bonchev–Trinajstić information content (AvgIpc) is 2.91. The number of likely N-dealkylation sites (N-methyl/N-ethyl adjacent to an activating group) is 1. The summed E-state index contributed by atoms with van der Waals surface area (Å²) in [5, 5.41) is 56.5. The van der Waals surface area contributed by atoms with E-state index in [1.807, 2.05) is 6.08 Å². The second-order valence-corrected chi connectivity index (χ2v) is 13.7. The zero-order valence-electron chi connectivity index (χ0n) is 25.7. The minimum Gasteiger partial charge on any atom is -0.492 e. The van der Waals surface area contributed by atoms with Gasteiger partial charge in [0.1, 0.15) is 35.8 Å². The van der Waals surface area contributed by atoms with Gasteiger partial charge in [-0.05, 0) is 58.2 Å². The molecule has 5 aliphatic rings. The molecule has 12 atom stereocenters. The third-order valence-electron chi connectivity index (χ3n) is 10.1. The molecule has 1 amide bonds. The number of nitrogens with one attached hydrogen (secondary N) is 4. The third-order valence-corrected chi connectivity index (χ3v) is 10.1. The van der Waals surface area contributed by atoms with Gasteiger partial charge >= 0.3 is 0 Å². The van der Waals surface area contributed by atoms with Crippen LogP contribution < -0.4 is 38.5 Å². The molecular weight excluding hydrogens is 574 g/mol. The smallest absolute Gasteiger partial charge is 0.249 e. The summed E-state index contributed by atoms with van der Waals surface area (Å²) >= 11 is 0. The summed E-state index contributed by atoms with van der Waals surface area (Å²) in [6.45, 7) is 3.79. The normalized spacial score (nSPS) is 45.3. The van der Waals surface area contributed by atoms with Crippen LogP contribution in [0.25, 0.3) is 0 Å². The minimum atomic E-state index is -1.37. The number of carbonyl (C=O) groups is 1. The molecule has 2 unspecified atom stereocenters. The van der Waals surface area contributed by atoms with Crippen LogP contribution in [0, 0.1) is 17.8 Å². The van der Waals surface area contributed by atoms with Gasteiger partial charge in [0.05, 0.1) is 31.3 Å². The lowest BCUT2D eigenvalue weighted by molar-refractivity contribution is -0.297. The topological polar surface area (TPSA) is 252 Å². The van der Waals surface area contributed by atoms with E-state index in [2.05, 4.69) is 21.3 Å². The van der Waals surface area contributed by atoms with Crippen LogP contribution in [0.5, 0.6) is 0 Å². The van der Waals surface area contributed by atoms with E-state index in [4.69, 9.17) is 31.4 Å². The fraction of sp³-hybridized carbons (Fsp3) is 0.897. The number of nitrogens with two attached hydrogens (primary N) is 3. The lowest BCUT2D eigenvalue weighted by Gasteiger charge is -2.50. The second-order valence-electron chi connectivity index (χ2n) is 13.7. The SMILES string of the molecule is CN[C@@H]1[C@@H](O)[C@@H](O[C@@H]2[C@@H](O)[C@H](C3OC(CNC[C@H]4C[C@H](N)C4)=CC[C@H]3N)[C@@H](N)C[C@H]2NC(=O)C(O)C2CNC2)OC[C@]1(C)O. The summed E-state index contributed by atoms with van der Waals surface area (Å²) in [6, 6.07) is -2.41. The Morgan fingerprint density at radius 3 is 2.55 bits per heavy atom. The van der Waals surface area contributed by atoms with E-state index in [0.717, 1.165) is 25.1 Å². The first kappa shape index (κ1) is 33.9. The highest BCUT2D eigenvalue weighted by molar-refractivity contribution is 5.81. The number of aliphatic hydroxyl groups is 4. The van der Waals surface area contributed by atoms with Crippen LogP contribution in [-0.2, 0) is 19.0 Å². The third kappa shape index (κ3) is 7.24. The Labute approximate surface area is 258 Å². The van der Waals surface area contributed by atoms with Crippen molar-refractivity contribution in [2.75, 3.05) is 39.8 Å². The molecular formula is C29H53N7O8. The summed E-state index contributed by atoms with van der Waals surface area (Å²) in [7, 11) is 1.61. The number of rotatable bonds is 11. The fourth-order valence-corrected chi connectivity index (χ4v) is 7.33. The van der Waals surface area contributed by atoms with Crippen molar-refractivity contribution in [3.63, 3.8) is 0 Å². The minimum absolute atomic E-state index is 0.138. The molecule has 2 saturated heterocycles. The van der Waals surface area contributed by atoms with Gasteiger partial charge in [-0.25, -0.2) is 0 Å². The Morgan fingerprint density at radius 1 is 1.18 bits per heavy atom. The van der Waals surface area contributed by atoms with Gasteiger partial charge in [0.2, 0.25) is 5.91 Å². The quantitative estimate of drug-likeness (QED) is 0.103. The van der Waals surface area contributed by atoms with Crippen LogP contribution in [0.2, 0.25) is 0 Å². The van der Waals surface area contributed by atoms with Gasteiger partial charge in [0, 0.05) is 43.1 Å². The zero-order valence-corrected chi connectivity index (χ0v) is 25.7. The van der Waals surface area contributed by atoms with Crippen LogP contribution in [0.3, 0.4) is 0 Å². The lowest BCUT2D eigenvalue weighted by atomic mass is 9.72. The molecule has 0 spiro atoms. The van der Waals surface area contributed by atoms with Gasteiger partial charge in [0.25, 0.3) is 0 Å². The van der Waals surface area contributed by atoms with E-state index in [0.29, 0.717) is 32.0 Å². The number of hydrogen-bond donors (Lipinski definition) is 11. The van der Waals surface area contributed by atoms with E-state index in [1.165, 1.54) is 0 Å². The molecule has 252 valence electrons. The summed E-state index contributed by atoms with van der Waals surface area (Å²) in [5.74, 6) is -0.229. The molecule has 4 fully saturated rings. The molecule has 2 aliphatic carbocycles. The molecule has 2 saturated carbocycles.